The summed E-state index contributed by atoms with van der Waals surface area (Å²) in [7, 11) is 0. The highest BCUT2D eigenvalue weighted by atomic mass is 15.3. The van der Waals surface area contributed by atoms with Gasteiger partial charge in [-0.25, -0.2) is 0 Å². The van der Waals surface area contributed by atoms with E-state index in [1.165, 1.54) is 16.7 Å². The fourth-order valence-electron chi connectivity index (χ4n) is 3.04. The number of nitrogens with zero attached hydrogens (tertiary/aromatic N) is 1. The summed E-state index contributed by atoms with van der Waals surface area (Å²) in [6, 6.07) is 17.0. The number of hydrazone groups is 1. The Balaban J connectivity index is 2.04. The van der Waals surface area contributed by atoms with Gasteiger partial charge in [-0.15, -0.1) is 0 Å². The van der Waals surface area contributed by atoms with E-state index in [9.17, 15) is 0 Å². The molecule has 0 aromatic heterocycles. The maximum absolute atomic E-state index is 4.39. The van der Waals surface area contributed by atoms with Crippen molar-refractivity contribution in [2.24, 2.45) is 5.10 Å². The van der Waals surface area contributed by atoms with Gasteiger partial charge in [0.25, 0.3) is 0 Å². The highest BCUT2D eigenvalue weighted by molar-refractivity contribution is 5.80. The molecule has 2 nitrogen and oxygen atoms in total. The largest absolute Gasteiger partial charge is 0.283 e. The minimum Gasteiger partial charge on any atom is -0.283 e. The van der Waals surface area contributed by atoms with Gasteiger partial charge in [-0.2, -0.15) is 5.10 Å². The van der Waals surface area contributed by atoms with Crippen LogP contribution in [0.4, 0.5) is 0 Å². The lowest BCUT2D eigenvalue weighted by Crippen LogP contribution is -2.13. The molecule has 1 unspecified atom stereocenters. The van der Waals surface area contributed by atoms with Gasteiger partial charge in [0.2, 0.25) is 0 Å². The second-order valence-corrected chi connectivity index (χ2v) is 6.00. The van der Waals surface area contributed by atoms with Crippen LogP contribution in [0.1, 0.15) is 55.4 Å². The van der Waals surface area contributed by atoms with Gasteiger partial charge in [-0.1, -0.05) is 69.8 Å². The standard InChI is InChI=1S/C22H28N2/c1-5-19-14-13-18(15-20(19)6-2)16-23-24-17(4)22(7-3)21-11-9-8-10-12-21/h8-16,22,24H,4-7H2,1-3H3/b23-16+. The molecule has 0 aliphatic rings. The molecule has 126 valence electrons. The van der Waals surface area contributed by atoms with E-state index in [0.29, 0.717) is 0 Å². The van der Waals surface area contributed by atoms with Crippen molar-refractivity contribution in [2.75, 3.05) is 0 Å². The molecule has 1 atom stereocenters. The Kier molecular flexibility index (Phi) is 6.80. The predicted octanol–water partition coefficient (Wildman–Crippen LogP) is 5.44. The Morgan fingerprint density at radius 1 is 1.04 bits per heavy atom. The molecule has 24 heavy (non-hydrogen) atoms. The summed E-state index contributed by atoms with van der Waals surface area (Å²) in [5, 5.41) is 4.39. The molecule has 2 aromatic rings. The lowest BCUT2D eigenvalue weighted by molar-refractivity contribution is 0.686. The third kappa shape index (κ3) is 4.58. The zero-order chi connectivity index (χ0) is 17.4. The number of rotatable bonds is 8. The molecular weight excluding hydrogens is 292 g/mol. The first-order chi connectivity index (χ1) is 11.7. The Morgan fingerprint density at radius 2 is 1.75 bits per heavy atom. The van der Waals surface area contributed by atoms with E-state index >= 15 is 0 Å². The van der Waals surface area contributed by atoms with Gasteiger partial charge in [0, 0.05) is 11.6 Å². The van der Waals surface area contributed by atoms with Crippen LogP contribution in [-0.4, -0.2) is 6.21 Å². The zero-order valence-corrected chi connectivity index (χ0v) is 15.0. The van der Waals surface area contributed by atoms with Crippen LogP contribution in [0.25, 0.3) is 0 Å². The quantitative estimate of drug-likeness (QED) is 0.508. The van der Waals surface area contributed by atoms with Crippen molar-refractivity contribution in [1.29, 1.82) is 0 Å². The van der Waals surface area contributed by atoms with Crippen LogP contribution in [0.2, 0.25) is 0 Å². The Hall–Kier alpha value is -2.35. The van der Waals surface area contributed by atoms with Gasteiger partial charge >= 0.3 is 0 Å². The van der Waals surface area contributed by atoms with Crippen molar-refractivity contribution in [3.8, 4) is 0 Å². The predicted molar refractivity (Wildman–Crippen MR) is 105 cm³/mol. The van der Waals surface area contributed by atoms with Crippen LogP contribution in [0.15, 0.2) is 65.9 Å². The number of aryl methyl sites for hydroxylation is 2. The molecule has 2 heteroatoms. The van der Waals surface area contributed by atoms with Gasteiger partial charge in [0.1, 0.15) is 0 Å². The van der Waals surface area contributed by atoms with Gasteiger partial charge in [0.05, 0.1) is 6.21 Å². The molecule has 0 spiro atoms. The van der Waals surface area contributed by atoms with Gasteiger partial charge in [0.15, 0.2) is 0 Å². The Morgan fingerprint density at radius 3 is 2.38 bits per heavy atom. The van der Waals surface area contributed by atoms with Crippen molar-refractivity contribution in [2.45, 2.75) is 46.0 Å². The molecule has 2 aromatic carbocycles. The van der Waals surface area contributed by atoms with E-state index in [0.717, 1.165) is 30.5 Å². The molecule has 0 saturated heterocycles. The number of hydrogen-bond acceptors (Lipinski definition) is 2. The van der Waals surface area contributed by atoms with E-state index in [4.69, 9.17) is 0 Å². The molecule has 2 rings (SSSR count). The summed E-state index contributed by atoms with van der Waals surface area (Å²) in [4.78, 5) is 0. The lowest BCUT2D eigenvalue weighted by atomic mass is 9.94. The van der Waals surface area contributed by atoms with Crippen LogP contribution < -0.4 is 5.43 Å². The van der Waals surface area contributed by atoms with Gasteiger partial charge in [-0.05, 0) is 47.6 Å². The van der Waals surface area contributed by atoms with Crippen LogP contribution in [0.5, 0.6) is 0 Å². The number of benzene rings is 2. The molecule has 0 aliphatic carbocycles. The second kappa shape index (κ2) is 9.07. The molecule has 0 saturated carbocycles. The SMILES string of the molecule is C=C(N/N=C/c1ccc(CC)c(CC)c1)C(CC)c1ccccc1. The average molecular weight is 320 g/mol. The van der Waals surface area contributed by atoms with Crippen LogP contribution in [0.3, 0.4) is 0 Å². The topological polar surface area (TPSA) is 24.4 Å². The fraction of sp³-hybridized carbons (Fsp3) is 0.318. The summed E-state index contributed by atoms with van der Waals surface area (Å²) in [6.45, 7) is 10.7. The molecule has 0 heterocycles. The van der Waals surface area contributed by atoms with E-state index < -0.39 is 0 Å². The molecule has 0 amide bonds. The molecule has 0 fully saturated rings. The van der Waals surface area contributed by atoms with Crippen molar-refractivity contribution < 1.29 is 0 Å². The van der Waals surface area contributed by atoms with Crippen LogP contribution >= 0.6 is 0 Å². The van der Waals surface area contributed by atoms with E-state index in [-0.39, 0.29) is 5.92 Å². The van der Waals surface area contributed by atoms with E-state index in [1.54, 1.807) is 0 Å². The maximum Gasteiger partial charge on any atom is 0.0544 e. The average Bonchev–Trinajstić information content (AvgIpc) is 2.63. The van der Waals surface area contributed by atoms with Crippen LogP contribution in [-0.2, 0) is 12.8 Å². The lowest BCUT2D eigenvalue weighted by Gasteiger charge is -2.17. The minimum atomic E-state index is 0.275. The molecular formula is C22H28N2. The van der Waals surface area contributed by atoms with Gasteiger partial charge < -0.3 is 0 Å². The summed E-state index contributed by atoms with van der Waals surface area (Å²) in [6.07, 6.45) is 5.00. The van der Waals surface area contributed by atoms with Crippen molar-refractivity contribution in [1.82, 2.24) is 5.43 Å². The zero-order valence-electron chi connectivity index (χ0n) is 15.0. The maximum atomic E-state index is 4.39. The summed E-state index contributed by atoms with van der Waals surface area (Å²) in [5.74, 6) is 0.275. The van der Waals surface area contributed by atoms with Crippen LogP contribution in [0, 0.1) is 0 Å². The van der Waals surface area contributed by atoms with Crippen molar-refractivity contribution in [3.63, 3.8) is 0 Å². The van der Waals surface area contributed by atoms with Gasteiger partial charge in [-0.3, -0.25) is 5.43 Å². The third-order valence-electron chi connectivity index (χ3n) is 4.44. The molecule has 0 aliphatic heterocycles. The number of nitrogens with one attached hydrogen (secondary N) is 1. The Bertz CT molecular complexity index is 686. The highest BCUT2D eigenvalue weighted by Crippen LogP contribution is 2.24. The smallest absolute Gasteiger partial charge is 0.0544 e. The number of allylic oxidation sites excluding steroid dienone is 1. The third-order valence-corrected chi connectivity index (χ3v) is 4.44. The first kappa shape index (κ1) is 18.0. The number of hydrogen-bond donors (Lipinski definition) is 1. The summed E-state index contributed by atoms with van der Waals surface area (Å²) < 4.78 is 0. The summed E-state index contributed by atoms with van der Waals surface area (Å²) in [5.41, 5.74) is 9.26. The second-order valence-electron chi connectivity index (χ2n) is 6.00. The Labute approximate surface area is 146 Å². The summed E-state index contributed by atoms with van der Waals surface area (Å²) >= 11 is 0. The first-order valence-electron chi connectivity index (χ1n) is 8.84. The van der Waals surface area contributed by atoms with E-state index in [2.05, 4.69) is 80.3 Å². The highest BCUT2D eigenvalue weighted by Gasteiger charge is 2.12. The van der Waals surface area contributed by atoms with E-state index in [1.807, 2.05) is 12.3 Å². The monoisotopic (exact) mass is 320 g/mol. The van der Waals surface area contributed by atoms with Crippen molar-refractivity contribution in [3.05, 3.63) is 83.1 Å². The first-order valence-corrected chi connectivity index (χ1v) is 8.84. The fourth-order valence-corrected chi connectivity index (χ4v) is 3.04. The molecule has 1 N–H and O–H groups in total. The van der Waals surface area contributed by atoms with Crippen molar-refractivity contribution >= 4 is 6.21 Å². The molecule has 0 bridgehead atoms. The minimum absolute atomic E-state index is 0.275. The molecule has 0 radical (unpaired) electrons. The normalized spacial score (nSPS) is 12.3.